The third kappa shape index (κ3) is 1.69. The van der Waals surface area contributed by atoms with E-state index in [-0.39, 0.29) is 5.78 Å². The van der Waals surface area contributed by atoms with Crippen molar-refractivity contribution in [3.8, 4) is 0 Å². The molecule has 0 unspecified atom stereocenters. The molecule has 0 aliphatic carbocycles. The zero-order valence-corrected chi connectivity index (χ0v) is 9.22. The molecular weight excluding hydrogens is 214 g/mol. The molecule has 0 radical (unpaired) electrons. The summed E-state index contributed by atoms with van der Waals surface area (Å²) in [5.41, 5.74) is 1.49. The van der Waals surface area contributed by atoms with Crippen molar-refractivity contribution in [1.82, 2.24) is 4.98 Å². The first-order valence-corrected chi connectivity index (χ1v) is 5.58. The van der Waals surface area contributed by atoms with E-state index in [1.54, 1.807) is 6.20 Å². The van der Waals surface area contributed by atoms with E-state index in [2.05, 4.69) is 4.98 Å². The van der Waals surface area contributed by atoms with Crippen molar-refractivity contribution in [3.05, 3.63) is 53.9 Å². The van der Waals surface area contributed by atoms with Crippen LogP contribution in [0.4, 0.5) is 0 Å². The van der Waals surface area contributed by atoms with Gasteiger partial charge < -0.3 is 4.74 Å². The van der Waals surface area contributed by atoms with E-state index in [9.17, 15) is 4.79 Å². The van der Waals surface area contributed by atoms with Gasteiger partial charge in [-0.25, -0.2) is 0 Å². The molecule has 3 heteroatoms. The summed E-state index contributed by atoms with van der Waals surface area (Å²) in [4.78, 5) is 16.5. The lowest BCUT2D eigenvalue weighted by Gasteiger charge is -2.06. The standard InChI is InChI=1S/C14H11NO2/c16-14(13-7-3-9-17-13)11-4-1-6-12-10(11)5-2-8-15-12/h1-2,4-8H,3,9H2. The van der Waals surface area contributed by atoms with Crippen molar-refractivity contribution in [1.29, 1.82) is 0 Å². The number of carbonyl (C=O) groups is 1. The number of nitrogens with zero attached hydrogens (tertiary/aromatic N) is 1. The maximum Gasteiger partial charge on any atom is 0.227 e. The number of carbonyl (C=O) groups excluding carboxylic acids is 1. The molecule has 0 saturated heterocycles. The van der Waals surface area contributed by atoms with Crippen molar-refractivity contribution >= 4 is 16.7 Å². The second kappa shape index (κ2) is 4.01. The SMILES string of the molecule is O=C(C1=CCCO1)c1cccc2ncccc12. The number of pyridine rings is 1. The Hall–Kier alpha value is -2.16. The highest BCUT2D eigenvalue weighted by molar-refractivity contribution is 6.14. The highest BCUT2D eigenvalue weighted by atomic mass is 16.5. The zero-order valence-electron chi connectivity index (χ0n) is 9.22. The zero-order chi connectivity index (χ0) is 11.7. The normalized spacial score (nSPS) is 14.5. The monoisotopic (exact) mass is 225 g/mol. The molecule has 0 N–H and O–H groups in total. The molecule has 2 aromatic rings. The lowest BCUT2D eigenvalue weighted by Crippen LogP contribution is -2.04. The molecule has 0 amide bonds. The van der Waals surface area contributed by atoms with Gasteiger partial charge in [-0.3, -0.25) is 9.78 Å². The van der Waals surface area contributed by atoms with Crippen molar-refractivity contribution in [3.63, 3.8) is 0 Å². The fourth-order valence-corrected chi connectivity index (χ4v) is 2.01. The Morgan fingerprint density at radius 3 is 3.00 bits per heavy atom. The summed E-state index contributed by atoms with van der Waals surface area (Å²) < 4.78 is 5.31. The minimum Gasteiger partial charge on any atom is -0.489 e. The van der Waals surface area contributed by atoms with E-state index < -0.39 is 0 Å². The topological polar surface area (TPSA) is 39.2 Å². The predicted octanol–water partition coefficient (Wildman–Crippen LogP) is 2.72. The van der Waals surface area contributed by atoms with Gasteiger partial charge in [-0.05, 0) is 18.2 Å². The summed E-state index contributed by atoms with van der Waals surface area (Å²) in [6, 6.07) is 9.30. The van der Waals surface area contributed by atoms with Gasteiger partial charge in [0.15, 0.2) is 5.76 Å². The van der Waals surface area contributed by atoms with Gasteiger partial charge in [-0.15, -0.1) is 0 Å². The highest BCUT2D eigenvalue weighted by Gasteiger charge is 2.18. The van der Waals surface area contributed by atoms with E-state index in [0.29, 0.717) is 17.9 Å². The number of Topliss-reactive ketones (excluding diaryl/α,β-unsaturated/α-hetero) is 1. The summed E-state index contributed by atoms with van der Waals surface area (Å²) >= 11 is 0. The Balaban J connectivity index is 2.14. The summed E-state index contributed by atoms with van der Waals surface area (Å²) in [6.45, 7) is 0.601. The van der Waals surface area contributed by atoms with Crippen LogP contribution in [0.25, 0.3) is 10.9 Å². The average Bonchev–Trinajstić information content (AvgIpc) is 2.91. The molecule has 0 saturated carbocycles. The number of hydrogen-bond acceptors (Lipinski definition) is 3. The van der Waals surface area contributed by atoms with E-state index in [0.717, 1.165) is 17.3 Å². The molecule has 1 aromatic carbocycles. The molecule has 0 bridgehead atoms. The molecule has 1 aromatic heterocycles. The van der Waals surface area contributed by atoms with Crippen LogP contribution in [-0.4, -0.2) is 17.4 Å². The molecule has 17 heavy (non-hydrogen) atoms. The molecule has 0 atom stereocenters. The minimum atomic E-state index is -0.0545. The van der Waals surface area contributed by atoms with E-state index in [1.807, 2.05) is 36.4 Å². The van der Waals surface area contributed by atoms with Gasteiger partial charge >= 0.3 is 0 Å². The minimum absolute atomic E-state index is 0.0545. The van der Waals surface area contributed by atoms with E-state index in [4.69, 9.17) is 4.74 Å². The van der Waals surface area contributed by atoms with Crippen molar-refractivity contribution in [2.75, 3.05) is 6.61 Å². The number of ketones is 1. The summed E-state index contributed by atoms with van der Waals surface area (Å²) in [5.74, 6) is 0.405. The molecule has 3 nitrogen and oxygen atoms in total. The molecule has 0 fully saturated rings. The van der Waals surface area contributed by atoms with E-state index >= 15 is 0 Å². The lowest BCUT2D eigenvalue weighted by atomic mass is 10.0. The van der Waals surface area contributed by atoms with Gasteiger partial charge in [0, 0.05) is 23.6 Å². The fraction of sp³-hybridized carbons (Fsp3) is 0.143. The quantitative estimate of drug-likeness (QED) is 0.738. The number of benzene rings is 1. The van der Waals surface area contributed by atoms with Gasteiger partial charge in [-0.1, -0.05) is 18.2 Å². The van der Waals surface area contributed by atoms with Crippen molar-refractivity contribution < 1.29 is 9.53 Å². The first-order chi connectivity index (χ1) is 8.36. The Morgan fingerprint density at radius 1 is 1.24 bits per heavy atom. The van der Waals surface area contributed by atoms with Gasteiger partial charge in [0.25, 0.3) is 0 Å². The van der Waals surface area contributed by atoms with Crippen LogP contribution >= 0.6 is 0 Å². The number of aromatic nitrogens is 1. The van der Waals surface area contributed by atoms with Crippen LogP contribution < -0.4 is 0 Å². The second-order valence-corrected chi connectivity index (χ2v) is 3.91. The number of fused-ring (bicyclic) bond motifs is 1. The fourth-order valence-electron chi connectivity index (χ4n) is 2.01. The van der Waals surface area contributed by atoms with E-state index in [1.165, 1.54) is 0 Å². The van der Waals surface area contributed by atoms with Gasteiger partial charge in [-0.2, -0.15) is 0 Å². The summed E-state index contributed by atoms with van der Waals surface area (Å²) in [6.07, 6.45) is 4.38. The molecule has 2 heterocycles. The largest absolute Gasteiger partial charge is 0.489 e. The first-order valence-electron chi connectivity index (χ1n) is 5.58. The smallest absolute Gasteiger partial charge is 0.227 e. The molecular formula is C14H11NO2. The Labute approximate surface area is 98.7 Å². The molecule has 0 spiro atoms. The maximum atomic E-state index is 12.2. The second-order valence-electron chi connectivity index (χ2n) is 3.91. The Morgan fingerprint density at radius 2 is 2.18 bits per heavy atom. The van der Waals surface area contributed by atoms with Crippen LogP contribution in [0.15, 0.2) is 48.4 Å². The Kier molecular flexibility index (Phi) is 2.37. The molecule has 1 aliphatic rings. The molecule has 1 aliphatic heterocycles. The molecule has 3 rings (SSSR count). The number of rotatable bonds is 2. The van der Waals surface area contributed by atoms with Gasteiger partial charge in [0.05, 0.1) is 12.1 Å². The number of allylic oxidation sites excluding steroid dienone is 1. The third-order valence-electron chi connectivity index (χ3n) is 2.82. The summed E-state index contributed by atoms with van der Waals surface area (Å²) in [7, 11) is 0. The highest BCUT2D eigenvalue weighted by Crippen LogP contribution is 2.22. The van der Waals surface area contributed by atoms with Crippen LogP contribution in [-0.2, 0) is 4.74 Å². The maximum absolute atomic E-state index is 12.2. The van der Waals surface area contributed by atoms with Crippen molar-refractivity contribution in [2.45, 2.75) is 6.42 Å². The van der Waals surface area contributed by atoms with Crippen LogP contribution in [0.2, 0.25) is 0 Å². The van der Waals surface area contributed by atoms with Crippen LogP contribution in [0.3, 0.4) is 0 Å². The van der Waals surface area contributed by atoms with Gasteiger partial charge in [0.2, 0.25) is 5.78 Å². The number of hydrogen-bond donors (Lipinski definition) is 0. The first kappa shape index (κ1) is 10.0. The number of ether oxygens (including phenoxy) is 1. The van der Waals surface area contributed by atoms with Crippen LogP contribution in [0, 0.1) is 0 Å². The third-order valence-corrected chi connectivity index (χ3v) is 2.82. The Bertz CT molecular complexity index is 611. The van der Waals surface area contributed by atoms with Crippen LogP contribution in [0.5, 0.6) is 0 Å². The van der Waals surface area contributed by atoms with Crippen molar-refractivity contribution in [2.24, 2.45) is 0 Å². The predicted molar refractivity (Wildman–Crippen MR) is 64.7 cm³/mol. The average molecular weight is 225 g/mol. The lowest BCUT2D eigenvalue weighted by molar-refractivity contribution is 0.0944. The van der Waals surface area contributed by atoms with Gasteiger partial charge in [0.1, 0.15) is 0 Å². The molecule has 84 valence electrons. The summed E-state index contributed by atoms with van der Waals surface area (Å²) in [5, 5.41) is 0.872. The van der Waals surface area contributed by atoms with Crippen LogP contribution in [0.1, 0.15) is 16.8 Å².